The number of likely N-dealkylation sites (tertiary alicyclic amines) is 1. The molecule has 0 amide bonds. The first-order valence-corrected chi connectivity index (χ1v) is 8.65. The van der Waals surface area contributed by atoms with Gasteiger partial charge in [-0.25, -0.2) is 0 Å². The average Bonchev–Trinajstić information content (AvgIpc) is 2.46. The van der Waals surface area contributed by atoms with Gasteiger partial charge in [0.1, 0.15) is 6.61 Å². The highest BCUT2D eigenvalue weighted by molar-refractivity contribution is 7.80. The molecule has 1 aromatic carbocycles. The van der Waals surface area contributed by atoms with Crippen molar-refractivity contribution in [2.24, 2.45) is 0 Å². The number of rotatable bonds is 4. The highest BCUT2D eigenvalue weighted by Gasteiger charge is 2.24. The Morgan fingerprint density at radius 2 is 1.82 bits per heavy atom. The molecule has 1 fully saturated rings. The number of hydrogen-bond acceptors (Lipinski definition) is 3. The smallest absolute Gasteiger partial charge is 0.261 e. The molecule has 1 N–H and O–H groups in total. The molecule has 0 unspecified atom stereocenters. The van der Waals surface area contributed by atoms with Gasteiger partial charge >= 0.3 is 0 Å². The molecular formula is C18H28N2OS. The van der Waals surface area contributed by atoms with Gasteiger partial charge in [-0.05, 0) is 63.9 Å². The van der Waals surface area contributed by atoms with Crippen LogP contribution in [-0.4, -0.2) is 35.3 Å². The maximum atomic E-state index is 5.73. The molecular weight excluding hydrogens is 292 g/mol. The van der Waals surface area contributed by atoms with Gasteiger partial charge in [-0.15, -0.1) is 0 Å². The van der Waals surface area contributed by atoms with Crippen molar-refractivity contribution in [2.45, 2.75) is 59.0 Å². The standard InChI is InChI=1S/C18H28N2OS/c1-13-7-5-8-14(2)17(13)19-18(22)21-12-11-20-15(3)9-6-10-16(20)4/h5,7-8,15-16H,6,9-12H2,1-4H3,(H,19,22)/t15-,16-/m1/s1. The predicted octanol–water partition coefficient (Wildman–Crippen LogP) is 4.28. The van der Waals surface area contributed by atoms with Gasteiger partial charge in [0.05, 0.1) is 0 Å². The summed E-state index contributed by atoms with van der Waals surface area (Å²) in [6.07, 6.45) is 3.91. The van der Waals surface area contributed by atoms with E-state index >= 15 is 0 Å². The van der Waals surface area contributed by atoms with Crippen LogP contribution in [0.15, 0.2) is 18.2 Å². The number of thiocarbonyl (C=S) groups is 1. The van der Waals surface area contributed by atoms with Crippen LogP contribution in [0.2, 0.25) is 0 Å². The highest BCUT2D eigenvalue weighted by atomic mass is 32.1. The number of piperidine rings is 1. The lowest BCUT2D eigenvalue weighted by molar-refractivity contribution is 0.0837. The lowest BCUT2D eigenvalue weighted by atomic mass is 9.98. The maximum Gasteiger partial charge on any atom is 0.261 e. The number of hydrogen-bond donors (Lipinski definition) is 1. The molecule has 2 rings (SSSR count). The summed E-state index contributed by atoms with van der Waals surface area (Å²) in [4.78, 5) is 2.53. The van der Waals surface area contributed by atoms with E-state index in [1.54, 1.807) is 0 Å². The summed E-state index contributed by atoms with van der Waals surface area (Å²) in [5.74, 6) is 0. The van der Waals surface area contributed by atoms with E-state index in [0.29, 0.717) is 23.9 Å². The summed E-state index contributed by atoms with van der Waals surface area (Å²) in [6, 6.07) is 7.50. The molecule has 0 aromatic heterocycles. The predicted molar refractivity (Wildman–Crippen MR) is 97.6 cm³/mol. The van der Waals surface area contributed by atoms with E-state index < -0.39 is 0 Å². The Morgan fingerprint density at radius 3 is 2.41 bits per heavy atom. The summed E-state index contributed by atoms with van der Waals surface area (Å²) in [5.41, 5.74) is 3.43. The molecule has 4 heteroatoms. The quantitative estimate of drug-likeness (QED) is 0.837. The highest BCUT2D eigenvalue weighted by Crippen LogP contribution is 2.22. The first-order valence-electron chi connectivity index (χ1n) is 8.24. The minimum absolute atomic E-state index is 0.467. The zero-order valence-electron chi connectivity index (χ0n) is 14.2. The number of nitrogens with zero attached hydrogens (tertiary/aromatic N) is 1. The first-order chi connectivity index (χ1) is 10.5. The Balaban J connectivity index is 1.81. The fourth-order valence-electron chi connectivity index (χ4n) is 3.31. The molecule has 122 valence electrons. The van der Waals surface area contributed by atoms with Crippen LogP contribution in [-0.2, 0) is 4.74 Å². The Labute approximate surface area is 140 Å². The van der Waals surface area contributed by atoms with Crippen molar-refractivity contribution >= 4 is 23.1 Å². The Kier molecular flexibility index (Phi) is 6.21. The summed E-state index contributed by atoms with van der Waals surface area (Å²) in [6.45, 7) is 10.4. The summed E-state index contributed by atoms with van der Waals surface area (Å²) in [7, 11) is 0. The number of para-hydroxylation sites is 1. The molecule has 0 spiro atoms. The van der Waals surface area contributed by atoms with E-state index in [0.717, 1.165) is 12.2 Å². The third-order valence-corrected chi connectivity index (χ3v) is 4.89. The molecule has 1 aliphatic heterocycles. The fraction of sp³-hybridized carbons (Fsp3) is 0.611. The van der Waals surface area contributed by atoms with E-state index in [2.05, 4.69) is 56.1 Å². The van der Waals surface area contributed by atoms with Crippen LogP contribution >= 0.6 is 12.2 Å². The van der Waals surface area contributed by atoms with Crippen molar-refractivity contribution in [1.29, 1.82) is 0 Å². The first kappa shape index (κ1) is 17.2. The van der Waals surface area contributed by atoms with Crippen LogP contribution in [0.25, 0.3) is 0 Å². The molecule has 22 heavy (non-hydrogen) atoms. The zero-order valence-corrected chi connectivity index (χ0v) is 15.0. The minimum atomic E-state index is 0.467. The molecule has 3 nitrogen and oxygen atoms in total. The van der Waals surface area contributed by atoms with Crippen molar-refractivity contribution in [3.05, 3.63) is 29.3 Å². The van der Waals surface area contributed by atoms with Crippen LogP contribution < -0.4 is 5.32 Å². The molecule has 0 bridgehead atoms. The van der Waals surface area contributed by atoms with Gasteiger partial charge in [0.2, 0.25) is 0 Å². The fourth-order valence-corrected chi connectivity index (χ4v) is 3.49. The number of aryl methyl sites for hydroxylation is 2. The lowest BCUT2D eigenvalue weighted by Crippen LogP contribution is -2.45. The van der Waals surface area contributed by atoms with Crippen molar-refractivity contribution in [3.8, 4) is 0 Å². The van der Waals surface area contributed by atoms with Crippen molar-refractivity contribution in [1.82, 2.24) is 4.90 Å². The van der Waals surface area contributed by atoms with E-state index in [4.69, 9.17) is 17.0 Å². The van der Waals surface area contributed by atoms with E-state index in [-0.39, 0.29) is 0 Å². The number of anilines is 1. The minimum Gasteiger partial charge on any atom is -0.469 e. The van der Waals surface area contributed by atoms with Gasteiger partial charge in [-0.1, -0.05) is 24.6 Å². The van der Waals surface area contributed by atoms with Gasteiger partial charge in [0, 0.05) is 24.3 Å². The third-order valence-electron chi connectivity index (χ3n) is 4.67. The molecule has 0 saturated carbocycles. The third kappa shape index (κ3) is 4.43. The van der Waals surface area contributed by atoms with Crippen molar-refractivity contribution < 1.29 is 4.74 Å². The Bertz CT molecular complexity index is 488. The van der Waals surface area contributed by atoms with Crippen LogP contribution in [0, 0.1) is 13.8 Å². The summed E-state index contributed by atoms with van der Waals surface area (Å²) >= 11 is 5.33. The van der Waals surface area contributed by atoms with Crippen LogP contribution in [0.4, 0.5) is 5.69 Å². The summed E-state index contributed by atoms with van der Waals surface area (Å²) < 4.78 is 5.73. The van der Waals surface area contributed by atoms with Crippen LogP contribution in [0.1, 0.15) is 44.2 Å². The second-order valence-electron chi connectivity index (χ2n) is 6.39. The molecule has 0 aliphatic carbocycles. The monoisotopic (exact) mass is 320 g/mol. The number of benzene rings is 1. The SMILES string of the molecule is Cc1cccc(C)c1NC(=S)OCCN1[C@H](C)CCC[C@H]1C. The van der Waals surface area contributed by atoms with E-state index in [1.165, 1.54) is 30.4 Å². The van der Waals surface area contributed by atoms with Crippen LogP contribution in [0.3, 0.4) is 0 Å². The van der Waals surface area contributed by atoms with Gasteiger partial charge in [0.15, 0.2) is 0 Å². The van der Waals surface area contributed by atoms with Gasteiger partial charge in [-0.3, -0.25) is 4.90 Å². The van der Waals surface area contributed by atoms with Gasteiger partial charge < -0.3 is 10.1 Å². The van der Waals surface area contributed by atoms with Crippen molar-refractivity contribution in [2.75, 3.05) is 18.5 Å². The maximum absolute atomic E-state index is 5.73. The van der Waals surface area contributed by atoms with Crippen LogP contribution in [0.5, 0.6) is 0 Å². The number of ether oxygens (including phenoxy) is 1. The largest absolute Gasteiger partial charge is 0.469 e. The molecule has 0 radical (unpaired) electrons. The molecule has 2 atom stereocenters. The van der Waals surface area contributed by atoms with Crippen molar-refractivity contribution in [3.63, 3.8) is 0 Å². The van der Waals surface area contributed by atoms with E-state index in [1.807, 2.05) is 0 Å². The average molecular weight is 321 g/mol. The Hall–Kier alpha value is -1.13. The lowest BCUT2D eigenvalue weighted by Gasteiger charge is -2.38. The second kappa shape index (κ2) is 7.93. The Morgan fingerprint density at radius 1 is 1.23 bits per heavy atom. The second-order valence-corrected chi connectivity index (χ2v) is 6.77. The van der Waals surface area contributed by atoms with Gasteiger partial charge in [-0.2, -0.15) is 0 Å². The number of nitrogens with one attached hydrogen (secondary N) is 1. The molecule has 1 saturated heterocycles. The zero-order chi connectivity index (χ0) is 16.1. The topological polar surface area (TPSA) is 24.5 Å². The molecule has 1 aliphatic rings. The van der Waals surface area contributed by atoms with E-state index in [9.17, 15) is 0 Å². The normalized spacial score (nSPS) is 22.4. The van der Waals surface area contributed by atoms with Gasteiger partial charge in [0.25, 0.3) is 5.17 Å². The molecule has 1 heterocycles. The summed E-state index contributed by atoms with van der Waals surface area (Å²) in [5, 5.41) is 3.70. The molecule has 1 aromatic rings.